The van der Waals surface area contributed by atoms with Gasteiger partial charge >= 0.3 is 0 Å². The van der Waals surface area contributed by atoms with E-state index in [-0.39, 0.29) is 12.5 Å². The third-order valence-corrected chi connectivity index (χ3v) is 5.54. The highest BCUT2D eigenvalue weighted by Gasteiger charge is 2.20. The van der Waals surface area contributed by atoms with E-state index in [0.29, 0.717) is 30.3 Å². The zero-order valence-electron chi connectivity index (χ0n) is 13.9. The molecule has 2 aromatic rings. The first-order valence-corrected chi connectivity index (χ1v) is 9.68. The Morgan fingerprint density at radius 2 is 1.77 bits per heavy atom. The SMILES string of the molecule is O=C1CCCCN1c1cccc(CNS(=O)(=O)c2cc(F)cc(F)c2)c1. The first kappa shape index (κ1) is 18.5. The highest BCUT2D eigenvalue weighted by Crippen LogP contribution is 2.22. The van der Waals surface area contributed by atoms with Gasteiger partial charge in [0.15, 0.2) is 0 Å². The molecule has 5 nitrogen and oxygen atoms in total. The van der Waals surface area contributed by atoms with Crippen molar-refractivity contribution in [3.05, 3.63) is 59.7 Å². The maximum absolute atomic E-state index is 13.2. The summed E-state index contributed by atoms with van der Waals surface area (Å²) < 4.78 is 53.3. The number of rotatable bonds is 5. The molecule has 0 bridgehead atoms. The number of hydrogen-bond donors (Lipinski definition) is 1. The van der Waals surface area contributed by atoms with Crippen LogP contribution in [0.4, 0.5) is 14.5 Å². The molecule has 1 aliphatic heterocycles. The zero-order chi connectivity index (χ0) is 18.7. The number of carbonyl (C=O) groups excluding carboxylic acids is 1. The van der Waals surface area contributed by atoms with E-state index in [1.54, 1.807) is 29.2 Å². The number of sulfonamides is 1. The Kier molecular flexibility index (Phi) is 5.33. The number of carbonyl (C=O) groups is 1. The maximum atomic E-state index is 13.2. The lowest BCUT2D eigenvalue weighted by Gasteiger charge is -2.27. The summed E-state index contributed by atoms with van der Waals surface area (Å²) in [7, 11) is -4.06. The molecule has 1 saturated heterocycles. The third kappa shape index (κ3) is 4.25. The van der Waals surface area contributed by atoms with Crippen LogP contribution in [0.25, 0.3) is 0 Å². The van der Waals surface area contributed by atoms with E-state index in [9.17, 15) is 22.0 Å². The van der Waals surface area contributed by atoms with Gasteiger partial charge in [-0.05, 0) is 42.7 Å². The standard InChI is InChI=1S/C18H18F2N2O3S/c19-14-9-15(20)11-17(10-14)26(24,25)21-12-13-4-3-5-16(8-13)22-7-2-1-6-18(22)23/h3-5,8-11,21H,1-2,6-7,12H2. The van der Waals surface area contributed by atoms with Crippen molar-refractivity contribution in [1.29, 1.82) is 0 Å². The van der Waals surface area contributed by atoms with E-state index in [2.05, 4.69) is 4.72 Å². The summed E-state index contributed by atoms with van der Waals surface area (Å²) in [4.78, 5) is 13.2. The summed E-state index contributed by atoms with van der Waals surface area (Å²) in [6.07, 6.45) is 2.30. The molecular weight excluding hydrogens is 362 g/mol. The molecule has 0 radical (unpaired) electrons. The normalized spacial score (nSPS) is 15.3. The molecule has 1 heterocycles. The van der Waals surface area contributed by atoms with Crippen LogP contribution in [0.5, 0.6) is 0 Å². The molecule has 1 aliphatic rings. The van der Waals surface area contributed by atoms with Crippen LogP contribution in [0, 0.1) is 11.6 Å². The molecule has 0 atom stereocenters. The number of amides is 1. The summed E-state index contributed by atoms with van der Waals surface area (Å²) in [6, 6.07) is 9.11. The average molecular weight is 380 g/mol. The van der Waals surface area contributed by atoms with Crippen molar-refractivity contribution in [3.8, 4) is 0 Å². The monoisotopic (exact) mass is 380 g/mol. The summed E-state index contributed by atoms with van der Waals surface area (Å²) in [5.41, 5.74) is 1.35. The second-order valence-corrected chi connectivity index (χ2v) is 7.87. The molecule has 0 spiro atoms. The Labute approximate surface area is 150 Å². The van der Waals surface area contributed by atoms with Crippen LogP contribution >= 0.6 is 0 Å². The number of piperidine rings is 1. The van der Waals surface area contributed by atoms with Crippen molar-refractivity contribution in [2.75, 3.05) is 11.4 Å². The van der Waals surface area contributed by atoms with E-state index < -0.39 is 26.6 Å². The van der Waals surface area contributed by atoms with Crippen molar-refractivity contribution in [2.45, 2.75) is 30.7 Å². The fourth-order valence-electron chi connectivity index (χ4n) is 2.86. The Bertz CT molecular complexity index is 912. The highest BCUT2D eigenvalue weighted by molar-refractivity contribution is 7.89. The third-order valence-electron chi connectivity index (χ3n) is 4.16. The van der Waals surface area contributed by atoms with Crippen LogP contribution in [-0.2, 0) is 21.4 Å². The van der Waals surface area contributed by atoms with Crippen LogP contribution in [0.15, 0.2) is 47.4 Å². The summed E-state index contributed by atoms with van der Waals surface area (Å²) in [5, 5.41) is 0. The van der Waals surface area contributed by atoms with Gasteiger partial charge in [-0.25, -0.2) is 21.9 Å². The van der Waals surface area contributed by atoms with Gasteiger partial charge in [0.05, 0.1) is 4.90 Å². The lowest BCUT2D eigenvalue weighted by Crippen LogP contribution is -2.35. The van der Waals surface area contributed by atoms with Gasteiger partial charge in [-0.15, -0.1) is 0 Å². The first-order chi connectivity index (χ1) is 12.3. The van der Waals surface area contributed by atoms with Crippen LogP contribution < -0.4 is 9.62 Å². The second-order valence-electron chi connectivity index (χ2n) is 6.10. The Morgan fingerprint density at radius 1 is 1.04 bits per heavy atom. The van der Waals surface area contributed by atoms with Crippen LogP contribution in [-0.4, -0.2) is 20.9 Å². The fraction of sp³-hybridized carbons (Fsp3) is 0.278. The quantitative estimate of drug-likeness (QED) is 0.867. The number of anilines is 1. The van der Waals surface area contributed by atoms with Crippen LogP contribution in [0.3, 0.4) is 0 Å². The number of nitrogens with one attached hydrogen (secondary N) is 1. The molecule has 0 aromatic heterocycles. The average Bonchev–Trinajstić information content (AvgIpc) is 2.60. The molecular formula is C18H18F2N2O3S. The highest BCUT2D eigenvalue weighted by atomic mass is 32.2. The summed E-state index contributed by atoms with van der Waals surface area (Å²) in [6.45, 7) is 0.576. The van der Waals surface area contributed by atoms with Crippen LogP contribution in [0.2, 0.25) is 0 Å². The molecule has 1 N–H and O–H groups in total. The molecule has 1 amide bonds. The molecule has 1 fully saturated rings. The molecule has 0 aliphatic carbocycles. The Hall–Kier alpha value is -2.32. The van der Waals surface area contributed by atoms with E-state index in [4.69, 9.17) is 0 Å². The predicted molar refractivity (Wildman–Crippen MR) is 93.0 cm³/mol. The van der Waals surface area contributed by atoms with Crippen molar-refractivity contribution in [2.24, 2.45) is 0 Å². The minimum atomic E-state index is -4.06. The van der Waals surface area contributed by atoms with Gasteiger partial charge < -0.3 is 4.90 Å². The number of hydrogen-bond acceptors (Lipinski definition) is 3. The van der Waals surface area contributed by atoms with Crippen LogP contribution in [0.1, 0.15) is 24.8 Å². The second kappa shape index (κ2) is 7.51. The van der Waals surface area contributed by atoms with Crippen molar-refractivity contribution < 1.29 is 22.0 Å². The van der Waals surface area contributed by atoms with E-state index in [1.807, 2.05) is 0 Å². The van der Waals surface area contributed by atoms with Gasteiger partial charge in [-0.2, -0.15) is 0 Å². The van der Waals surface area contributed by atoms with E-state index in [0.717, 1.165) is 25.0 Å². The smallest absolute Gasteiger partial charge is 0.241 e. The minimum Gasteiger partial charge on any atom is -0.312 e. The van der Waals surface area contributed by atoms with Crippen molar-refractivity contribution >= 4 is 21.6 Å². The lowest BCUT2D eigenvalue weighted by molar-refractivity contribution is -0.119. The molecule has 0 saturated carbocycles. The first-order valence-electron chi connectivity index (χ1n) is 8.20. The van der Waals surface area contributed by atoms with Gasteiger partial charge in [0.1, 0.15) is 11.6 Å². The number of halogens is 2. The molecule has 2 aromatic carbocycles. The molecule has 0 unspecified atom stereocenters. The van der Waals surface area contributed by atoms with E-state index >= 15 is 0 Å². The fourth-order valence-corrected chi connectivity index (χ4v) is 3.92. The van der Waals surface area contributed by atoms with Crippen molar-refractivity contribution in [1.82, 2.24) is 4.72 Å². The largest absolute Gasteiger partial charge is 0.312 e. The van der Waals surface area contributed by atoms with Gasteiger partial charge in [-0.3, -0.25) is 4.79 Å². The minimum absolute atomic E-state index is 0.0456. The topological polar surface area (TPSA) is 66.5 Å². The summed E-state index contributed by atoms with van der Waals surface area (Å²) in [5.74, 6) is -1.88. The van der Waals surface area contributed by atoms with Gasteiger partial charge in [0, 0.05) is 31.3 Å². The molecule has 8 heteroatoms. The predicted octanol–water partition coefficient (Wildman–Crippen LogP) is 2.96. The van der Waals surface area contributed by atoms with Gasteiger partial charge in [0.25, 0.3) is 0 Å². The molecule has 138 valence electrons. The van der Waals surface area contributed by atoms with Gasteiger partial charge in [-0.1, -0.05) is 12.1 Å². The maximum Gasteiger partial charge on any atom is 0.241 e. The Morgan fingerprint density at radius 3 is 2.46 bits per heavy atom. The van der Waals surface area contributed by atoms with Gasteiger partial charge in [0.2, 0.25) is 15.9 Å². The summed E-state index contributed by atoms with van der Waals surface area (Å²) >= 11 is 0. The molecule has 26 heavy (non-hydrogen) atoms. The molecule has 3 rings (SSSR count). The zero-order valence-corrected chi connectivity index (χ0v) is 14.7. The lowest BCUT2D eigenvalue weighted by atomic mass is 10.1. The Balaban J connectivity index is 1.75. The number of nitrogens with zero attached hydrogens (tertiary/aromatic N) is 1. The number of benzene rings is 2. The van der Waals surface area contributed by atoms with Crippen molar-refractivity contribution in [3.63, 3.8) is 0 Å². The van der Waals surface area contributed by atoms with E-state index in [1.165, 1.54) is 0 Å².